The molecule has 0 aromatic carbocycles. The Labute approximate surface area is 106 Å². The SMILES string of the molecule is CSC(C)CCNC(=O)c1cccc(NN)n1. The van der Waals surface area contributed by atoms with Crippen LogP contribution in [0, 0.1) is 0 Å². The number of aromatic nitrogens is 1. The van der Waals surface area contributed by atoms with E-state index in [2.05, 4.69) is 28.9 Å². The molecule has 1 amide bonds. The third-order valence-electron chi connectivity index (χ3n) is 2.37. The number of anilines is 1. The third kappa shape index (κ3) is 4.62. The first-order valence-corrected chi connectivity index (χ1v) is 6.71. The number of nitrogens with one attached hydrogen (secondary N) is 2. The summed E-state index contributed by atoms with van der Waals surface area (Å²) in [6.45, 7) is 2.79. The van der Waals surface area contributed by atoms with Crippen LogP contribution < -0.4 is 16.6 Å². The van der Waals surface area contributed by atoms with E-state index in [9.17, 15) is 4.79 Å². The largest absolute Gasteiger partial charge is 0.351 e. The average molecular weight is 254 g/mol. The van der Waals surface area contributed by atoms with Crippen molar-refractivity contribution in [1.82, 2.24) is 10.3 Å². The van der Waals surface area contributed by atoms with Gasteiger partial charge < -0.3 is 10.7 Å². The Morgan fingerprint density at radius 2 is 2.35 bits per heavy atom. The van der Waals surface area contributed by atoms with Crippen LogP contribution in [0.4, 0.5) is 5.82 Å². The van der Waals surface area contributed by atoms with Crippen LogP contribution in [-0.2, 0) is 0 Å². The molecule has 0 saturated heterocycles. The summed E-state index contributed by atoms with van der Waals surface area (Å²) in [5.41, 5.74) is 2.78. The van der Waals surface area contributed by atoms with E-state index in [0.717, 1.165) is 6.42 Å². The second kappa shape index (κ2) is 7.13. The van der Waals surface area contributed by atoms with Crippen molar-refractivity contribution in [2.45, 2.75) is 18.6 Å². The molecular weight excluding hydrogens is 236 g/mol. The second-order valence-corrected chi connectivity index (χ2v) is 4.92. The van der Waals surface area contributed by atoms with Crippen LogP contribution in [0.5, 0.6) is 0 Å². The molecule has 1 heterocycles. The minimum absolute atomic E-state index is 0.171. The highest BCUT2D eigenvalue weighted by molar-refractivity contribution is 7.99. The van der Waals surface area contributed by atoms with Gasteiger partial charge in [0.15, 0.2) is 0 Å². The van der Waals surface area contributed by atoms with Gasteiger partial charge in [-0.15, -0.1) is 0 Å². The molecule has 4 N–H and O–H groups in total. The van der Waals surface area contributed by atoms with E-state index in [-0.39, 0.29) is 5.91 Å². The molecule has 94 valence electrons. The first-order valence-electron chi connectivity index (χ1n) is 5.42. The molecule has 0 spiro atoms. The van der Waals surface area contributed by atoms with Crippen molar-refractivity contribution < 1.29 is 4.79 Å². The van der Waals surface area contributed by atoms with Crippen molar-refractivity contribution in [2.75, 3.05) is 18.2 Å². The lowest BCUT2D eigenvalue weighted by molar-refractivity contribution is 0.0948. The number of thioether (sulfide) groups is 1. The van der Waals surface area contributed by atoms with Crippen molar-refractivity contribution in [3.8, 4) is 0 Å². The molecule has 0 aliphatic rings. The summed E-state index contributed by atoms with van der Waals surface area (Å²) in [6, 6.07) is 5.10. The molecular formula is C11H18N4OS. The summed E-state index contributed by atoms with van der Waals surface area (Å²) >= 11 is 1.78. The number of carbonyl (C=O) groups is 1. The minimum atomic E-state index is -0.171. The van der Waals surface area contributed by atoms with Crippen LogP contribution >= 0.6 is 11.8 Å². The van der Waals surface area contributed by atoms with Crippen molar-refractivity contribution in [3.63, 3.8) is 0 Å². The maximum absolute atomic E-state index is 11.7. The monoisotopic (exact) mass is 254 g/mol. The lowest BCUT2D eigenvalue weighted by atomic mass is 10.3. The number of nitrogens with two attached hydrogens (primary N) is 1. The predicted octanol–water partition coefficient (Wildman–Crippen LogP) is 1.24. The van der Waals surface area contributed by atoms with Gasteiger partial charge in [0, 0.05) is 11.8 Å². The number of carbonyl (C=O) groups excluding carboxylic acids is 1. The van der Waals surface area contributed by atoms with Gasteiger partial charge in [-0.2, -0.15) is 11.8 Å². The molecule has 1 atom stereocenters. The molecule has 0 fully saturated rings. The van der Waals surface area contributed by atoms with E-state index in [1.165, 1.54) is 0 Å². The van der Waals surface area contributed by atoms with Crippen molar-refractivity contribution >= 4 is 23.5 Å². The van der Waals surface area contributed by atoms with E-state index < -0.39 is 0 Å². The number of hydrazine groups is 1. The average Bonchev–Trinajstić information content (AvgIpc) is 2.38. The molecule has 0 saturated carbocycles. The zero-order chi connectivity index (χ0) is 12.7. The number of amides is 1. The lowest BCUT2D eigenvalue weighted by Gasteiger charge is -2.09. The van der Waals surface area contributed by atoms with Crippen LogP contribution in [0.15, 0.2) is 18.2 Å². The molecule has 1 unspecified atom stereocenters. The van der Waals surface area contributed by atoms with Crippen molar-refractivity contribution in [2.24, 2.45) is 5.84 Å². The number of hydrogen-bond acceptors (Lipinski definition) is 5. The number of pyridine rings is 1. The zero-order valence-electron chi connectivity index (χ0n) is 10.1. The molecule has 0 radical (unpaired) electrons. The normalized spacial score (nSPS) is 11.9. The van der Waals surface area contributed by atoms with E-state index in [4.69, 9.17) is 5.84 Å². The fraction of sp³-hybridized carbons (Fsp3) is 0.455. The van der Waals surface area contributed by atoms with Crippen LogP contribution in [0.25, 0.3) is 0 Å². The lowest BCUT2D eigenvalue weighted by Crippen LogP contribution is -2.27. The zero-order valence-corrected chi connectivity index (χ0v) is 10.9. The molecule has 1 aromatic heterocycles. The van der Waals surface area contributed by atoms with Gasteiger partial charge in [-0.25, -0.2) is 10.8 Å². The first-order chi connectivity index (χ1) is 8.17. The Kier molecular flexibility index (Phi) is 5.79. The van der Waals surface area contributed by atoms with Crippen molar-refractivity contribution in [1.29, 1.82) is 0 Å². The van der Waals surface area contributed by atoms with Crippen LogP contribution in [0.1, 0.15) is 23.8 Å². The molecule has 1 rings (SSSR count). The summed E-state index contributed by atoms with van der Waals surface area (Å²) in [6.07, 6.45) is 3.01. The smallest absolute Gasteiger partial charge is 0.269 e. The van der Waals surface area contributed by atoms with Gasteiger partial charge in [-0.1, -0.05) is 13.0 Å². The summed E-state index contributed by atoms with van der Waals surface area (Å²) in [5, 5.41) is 3.37. The first kappa shape index (κ1) is 13.8. The molecule has 17 heavy (non-hydrogen) atoms. The van der Waals surface area contributed by atoms with E-state index in [1.54, 1.807) is 30.0 Å². The Balaban J connectivity index is 2.46. The highest BCUT2D eigenvalue weighted by Crippen LogP contribution is 2.08. The van der Waals surface area contributed by atoms with Crippen LogP contribution in [0.2, 0.25) is 0 Å². The van der Waals surface area contributed by atoms with Gasteiger partial charge in [0.05, 0.1) is 0 Å². The fourth-order valence-electron chi connectivity index (χ4n) is 1.24. The Morgan fingerprint density at radius 1 is 1.59 bits per heavy atom. The van der Waals surface area contributed by atoms with Gasteiger partial charge in [0.1, 0.15) is 11.5 Å². The minimum Gasteiger partial charge on any atom is -0.351 e. The Hall–Kier alpha value is -1.27. The second-order valence-electron chi connectivity index (χ2n) is 3.64. The maximum atomic E-state index is 11.7. The van der Waals surface area contributed by atoms with E-state index in [0.29, 0.717) is 23.3 Å². The number of hydrogen-bond donors (Lipinski definition) is 3. The summed E-state index contributed by atoms with van der Waals surface area (Å²) in [4.78, 5) is 15.8. The van der Waals surface area contributed by atoms with Gasteiger partial charge in [0.25, 0.3) is 5.91 Å². The summed E-state index contributed by atoms with van der Waals surface area (Å²) in [7, 11) is 0. The Bertz CT molecular complexity index is 372. The Morgan fingerprint density at radius 3 is 3.00 bits per heavy atom. The van der Waals surface area contributed by atoms with Gasteiger partial charge >= 0.3 is 0 Å². The molecule has 5 nitrogen and oxygen atoms in total. The third-order valence-corrected chi connectivity index (χ3v) is 3.41. The maximum Gasteiger partial charge on any atom is 0.269 e. The fourth-order valence-corrected chi connectivity index (χ4v) is 1.59. The predicted molar refractivity (Wildman–Crippen MR) is 72.0 cm³/mol. The molecule has 0 aliphatic carbocycles. The number of nitrogen functional groups attached to an aromatic ring is 1. The highest BCUT2D eigenvalue weighted by atomic mass is 32.2. The summed E-state index contributed by atoms with van der Waals surface area (Å²) < 4.78 is 0. The van der Waals surface area contributed by atoms with Gasteiger partial charge in [-0.05, 0) is 24.8 Å². The number of nitrogens with zero attached hydrogens (tertiary/aromatic N) is 1. The molecule has 1 aromatic rings. The highest BCUT2D eigenvalue weighted by Gasteiger charge is 2.07. The quantitative estimate of drug-likeness (QED) is 0.526. The standard InChI is InChI=1S/C11H18N4OS/c1-8(17-2)6-7-13-11(16)9-4-3-5-10(14-9)15-12/h3-5,8H,6-7,12H2,1-2H3,(H,13,16)(H,14,15). The molecule has 0 bridgehead atoms. The summed E-state index contributed by atoms with van der Waals surface area (Å²) in [5.74, 6) is 5.54. The van der Waals surface area contributed by atoms with Gasteiger partial charge in [-0.3, -0.25) is 4.79 Å². The van der Waals surface area contributed by atoms with Gasteiger partial charge in [0.2, 0.25) is 0 Å². The van der Waals surface area contributed by atoms with Crippen LogP contribution in [0.3, 0.4) is 0 Å². The molecule has 0 aliphatic heterocycles. The van der Waals surface area contributed by atoms with E-state index in [1.807, 2.05) is 0 Å². The topological polar surface area (TPSA) is 80.0 Å². The van der Waals surface area contributed by atoms with Crippen molar-refractivity contribution in [3.05, 3.63) is 23.9 Å². The van der Waals surface area contributed by atoms with E-state index >= 15 is 0 Å². The van der Waals surface area contributed by atoms with Crippen LogP contribution in [-0.4, -0.2) is 28.9 Å². The number of rotatable bonds is 6. The molecule has 6 heteroatoms.